The minimum absolute atomic E-state index is 0.0313. The molecule has 0 spiro atoms. The van der Waals surface area contributed by atoms with Gasteiger partial charge in [-0.05, 0) is 46.8 Å². The molecule has 0 saturated heterocycles. The minimum atomic E-state index is -2.45. The second kappa shape index (κ2) is 7.72. The normalized spacial score (nSPS) is 11.2. The average Bonchev–Trinajstić information content (AvgIpc) is 3.32. The van der Waals surface area contributed by atoms with Crippen molar-refractivity contribution in [1.82, 2.24) is 4.98 Å². The van der Waals surface area contributed by atoms with E-state index in [2.05, 4.69) is 0 Å². The van der Waals surface area contributed by atoms with Crippen LogP contribution in [-0.2, 0) is 16.5 Å². The summed E-state index contributed by atoms with van der Waals surface area (Å²) in [5.74, 6) is -0.256. The Bertz CT molecular complexity index is 1120. The maximum Gasteiger partial charge on any atom is 0.144 e. The van der Waals surface area contributed by atoms with Crippen LogP contribution in [0, 0.1) is 5.82 Å². The number of hydrogen-bond acceptors (Lipinski definition) is 5. The molecule has 2 heterocycles. The van der Waals surface area contributed by atoms with Crippen LogP contribution in [0.15, 0.2) is 66.0 Å². The summed E-state index contributed by atoms with van der Waals surface area (Å²) in [5.41, 5.74) is 3.35. The van der Waals surface area contributed by atoms with E-state index in [0.717, 1.165) is 37.1 Å². The number of thiazole rings is 1. The first-order valence-electron chi connectivity index (χ1n) is 8.12. The molecular formula is C20H14FNO2S3. The van der Waals surface area contributed by atoms with E-state index in [1.165, 1.54) is 12.1 Å². The molecular weight excluding hydrogens is 401 g/mol. The Morgan fingerprint density at radius 3 is 2.26 bits per heavy atom. The van der Waals surface area contributed by atoms with Crippen molar-refractivity contribution >= 4 is 33.4 Å². The number of thiophene rings is 1. The summed E-state index contributed by atoms with van der Waals surface area (Å²) in [6.07, 6.45) is 0. The first-order chi connectivity index (χ1) is 13.1. The Morgan fingerprint density at radius 2 is 1.63 bits per heavy atom. The van der Waals surface area contributed by atoms with Crippen LogP contribution >= 0.6 is 22.7 Å². The van der Waals surface area contributed by atoms with E-state index in [1.807, 2.05) is 41.8 Å². The Kier molecular flexibility index (Phi) is 5.15. The SMILES string of the molecule is O=[SH](=O)Cc1ccc(-c2sc(-c3cccs3)nc2-c2ccc(F)cc2)cc1. The Labute approximate surface area is 165 Å². The lowest BCUT2D eigenvalue weighted by atomic mass is 10.1. The van der Waals surface area contributed by atoms with E-state index in [0.29, 0.717) is 0 Å². The van der Waals surface area contributed by atoms with Gasteiger partial charge >= 0.3 is 0 Å². The maximum absolute atomic E-state index is 13.3. The van der Waals surface area contributed by atoms with Gasteiger partial charge in [-0.2, -0.15) is 0 Å². The largest absolute Gasteiger partial charge is 0.235 e. The molecule has 0 saturated carbocycles. The van der Waals surface area contributed by atoms with Gasteiger partial charge in [0.25, 0.3) is 0 Å². The first-order valence-corrected chi connectivity index (χ1v) is 11.2. The Morgan fingerprint density at radius 1 is 0.926 bits per heavy atom. The van der Waals surface area contributed by atoms with Crippen molar-refractivity contribution in [3.8, 4) is 31.6 Å². The molecule has 0 unspecified atom stereocenters. The van der Waals surface area contributed by atoms with Crippen molar-refractivity contribution in [2.45, 2.75) is 5.75 Å². The highest BCUT2D eigenvalue weighted by Gasteiger charge is 2.16. The standard InChI is InChI=1S/C20H14FNO2S3/c21-16-9-7-14(8-10-16)18-19(26-20(22-18)17-2-1-11-25-17)15-5-3-13(4-6-15)12-27(23)24/h1-11,27H,12H2. The number of thiol groups is 1. The highest BCUT2D eigenvalue weighted by atomic mass is 32.2. The molecule has 4 rings (SSSR count). The van der Waals surface area contributed by atoms with Crippen LogP contribution in [0.1, 0.15) is 5.56 Å². The van der Waals surface area contributed by atoms with Crippen LogP contribution in [-0.4, -0.2) is 13.4 Å². The van der Waals surface area contributed by atoms with Crippen LogP contribution in [0.3, 0.4) is 0 Å². The fourth-order valence-electron chi connectivity index (χ4n) is 2.74. The van der Waals surface area contributed by atoms with Crippen molar-refractivity contribution < 1.29 is 12.8 Å². The van der Waals surface area contributed by atoms with Crippen LogP contribution in [0.25, 0.3) is 31.6 Å². The third-order valence-electron chi connectivity index (χ3n) is 4.00. The average molecular weight is 416 g/mol. The van der Waals surface area contributed by atoms with Gasteiger partial charge in [-0.1, -0.05) is 30.3 Å². The van der Waals surface area contributed by atoms with Crippen LogP contribution < -0.4 is 0 Å². The zero-order chi connectivity index (χ0) is 18.8. The summed E-state index contributed by atoms with van der Waals surface area (Å²) in [6.45, 7) is 0. The number of rotatable bonds is 5. The van der Waals surface area contributed by atoms with E-state index in [4.69, 9.17) is 4.98 Å². The summed E-state index contributed by atoms with van der Waals surface area (Å²) < 4.78 is 35.2. The molecule has 2 aromatic carbocycles. The molecule has 0 N–H and O–H groups in total. The summed E-state index contributed by atoms with van der Waals surface area (Å²) in [6, 6.07) is 17.8. The van der Waals surface area contributed by atoms with E-state index in [1.54, 1.807) is 34.8 Å². The molecule has 2 aromatic heterocycles. The van der Waals surface area contributed by atoms with Crippen molar-refractivity contribution in [3.63, 3.8) is 0 Å². The lowest BCUT2D eigenvalue weighted by molar-refractivity contribution is 0.614. The summed E-state index contributed by atoms with van der Waals surface area (Å²) in [5, 5.41) is 2.92. The molecule has 136 valence electrons. The molecule has 7 heteroatoms. The van der Waals surface area contributed by atoms with Crippen LogP contribution in [0.4, 0.5) is 4.39 Å². The lowest BCUT2D eigenvalue weighted by Gasteiger charge is -2.04. The Hall–Kier alpha value is -2.35. The van der Waals surface area contributed by atoms with Gasteiger partial charge in [-0.3, -0.25) is 0 Å². The van der Waals surface area contributed by atoms with Crippen molar-refractivity contribution in [2.24, 2.45) is 0 Å². The van der Waals surface area contributed by atoms with Gasteiger partial charge in [0.05, 0.1) is 21.2 Å². The molecule has 27 heavy (non-hydrogen) atoms. The van der Waals surface area contributed by atoms with E-state index < -0.39 is 10.7 Å². The number of benzene rings is 2. The monoisotopic (exact) mass is 415 g/mol. The van der Waals surface area contributed by atoms with Crippen molar-refractivity contribution in [2.75, 3.05) is 0 Å². The predicted octanol–water partition coefficient (Wildman–Crippen LogP) is 5.46. The molecule has 3 nitrogen and oxygen atoms in total. The van der Waals surface area contributed by atoms with Crippen LogP contribution in [0.5, 0.6) is 0 Å². The van der Waals surface area contributed by atoms with Crippen LogP contribution in [0.2, 0.25) is 0 Å². The molecule has 4 aromatic rings. The van der Waals surface area contributed by atoms with E-state index in [9.17, 15) is 12.8 Å². The molecule has 0 aliphatic heterocycles. The zero-order valence-corrected chi connectivity index (χ0v) is 16.5. The Balaban J connectivity index is 1.81. The van der Waals surface area contributed by atoms with E-state index >= 15 is 0 Å². The van der Waals surface area contributed by atoms with Gasteiger partial charge in [0.2, 0.25) is 0 Å². The van der Waals surface area contributed by atoms with Gasteiger partial charge in [0.1, 0.15) is 21.5 Å². The molecule has 0 fully saturated rings. The third kappa shape index (κ3) is 4.00. The topological polar surface area (TPSA) is 47.0 Å². The molecule has 0 aliphatic carbocycles. The van der Waals surface area contributed by atoms with Gasteiger partial charge in [-0.25, -0.2) is 17.8 Å². The van der Waals surface area contributed by atoms with Crippen molar-refractivity contribution in [3.05, 3.63) is 77.4 Å². The highest BCUT2D eigenvalue weighted by Crippen LogP contribution is 2.41. The predicted molar refractivity (Wildman–Crippen MR) is 110 cm³/mol. The van der Waals surface area contributed by atoms with E-state index in [-0.39, 0.29) is 11.6 Å². The fraction of sp³-hybridized carbons (Fsp3) is 0.0500. The number of aromatic nitrogens is 1. The quantitative estimate of drug-likeness (QED) is 0.441. The molecule has 0 amide bonds. The van der Waals surface area contributed by atoms with Gasteiger partial charge in [0, 0.05) is 5.56 Å². The summed E-state index contributed by atoms with van der Waals surface area (Å²) in [4.78, 5) is 6.86. The summed E-state index contributed by atoms with van der Waals surface area (Å²) in [7, 11) is -2.45. The number of hydrogen-bond donors (Lipinski definition) is 1. The van der Waals surface area contributed by atoms with Gasteiger partial charge in [-0.15, -0.1) is 22.7 Å². The first kappa shape index (κ1) is 18.0. The fourth-order valence-corrected chi connectivity index (χ4v) is 5.13. The third-order valence-corrected chi connectivity index (χ3v) is 6.77. The van der Waals surface area contributed by atoms with Gasteiger partial charge < -0.3 is 0 Å². The van der Waals surface area contributed by atoms with Crippen molar-refractivity contribution in [1.29, 1.82) is 0 Å². The second-order valence-electron chi connectivity index (χ2n) is 5.87. The smallest absolute Gasteiger partial charge is 0.144 e. The lowest BCUT2D eigenvalue weighted by Crippen LogP contribution is -1.87. The van der Waals surface area contributed by atoms with Gasteiger partial charge in [0.15, 0.2) is 0 Å². The number of halogens is 1. The summed E-state index contributed by atoms with van der Waals surface area (Å²) >= 11 is 3.20. The number of nitrogens with zero attached hydrogens (tertiary/aromatic N) is 1. The molecule has 0 atom stereocenters. The molecule has 0 bridgehead atoms. The highest BCUT2D eigenvalue weighted by molar-refractivity contribution is 7.71. The zero-order valence-electron chi connectivity index (χ0n) is 14.0. The maximum atomic E-state index is 13.3. The molecule has 0 radical (unpaired) electrons. The second-order valence-corrected chi connectivity index (χ2v) is 8.80. The minimum Gasteiger partial charge on any atom is -0.235 e. The molecule has 0 aliphatic rings.